The van der Waals surface area contributed by atoms with Crippen molar-refractivity contribution in [2.45, 2.75) is 38.9 Å². The smallest absolute Gasteiger partial charge is 0.307 e. The predicted molar refractivity (Wildman–Crippen MR) is 126 cm³/mol. The van der Waals surface area contributed by atoms with Crippen LogP contribution in [0.25, 0.3) is 0 Å². The van der Waals surface area contributed by atoms with Crippen LogP contribution in [-0.2, 0) is 16.1 Å². The van der Waals surface area contributed by atoms with Gasteiger partial charge in [-0.05, 0) is 61.5 Å². The van der Waals surface area contributed by atoms with Gasteiger partial charge in [0.15, 0.2) is 5.11 Å². The van der Waals surface area contributed by atoms with E-state index in [4.69, 9.17) is 17.0 Å². The summed E-state index contributed by atoms with van der Waals surface area (Å²) < 4.78 is 7.15. The summed E-state index contributed by atoms with van der Waals surface area (Å²) in [6.45, 7) is 5.46. The summed E-state index contributed by atoms with van der Waals surface area (Å²) in [6, 6.07) is 11.9. The third kappa shape index (κ3) is 4.36. The van der Waals surface area contributed by atoms with Crippen molar-refractivity contribution in [1.82, 2.24) is 24.8 Å². The van der Waals surface area contributed by atoms with E-state index >= 15 is 0 Å². The van der Waals surface area contributed by atoms with Crippen molar-refractivity contribution >= 4 is 23.3 Å². The van der Waals surface area contributed by atoms with E-state index in [2.05, 4.69) is 50.7 Å². The molecule has 2 atom stereocenters. The first-order valence-corrected chi connectivity index (χ1v) is 11.0. The molecule has 0 amide bonds. The van der Waals surface area contributed by atoms with Crippen molar-refractivity contribution in [3.05, 3.63) is 83.2 Å². The maximum atomic E-state index is 11.9. The van der Waals surface area contributed by atoms with Gasteiger partial charge in [0, 0.05) is 43.1 Å². The van der Waals surface area contributed by atoms with E-state index in [0.717, 1.165) is 29.2 Å². The number of ether oxygens (including phenoxy) is 1. The number of nitrogens with one attached hydrogen (secondary N) is 1. The van der Waals surface area contributed by atoms with Gasteiger partial charge in [0.1, 0.15) is 0 Å². The maximum Gasteiger partial charge on any atom is 0.307 e. The fourth-order valence-corrected chi connectivity index (χ4v) is 4.68. The van der Waals surface area contributed by atoms with Crippen LogP contribution in [0.1, 0.15) is 46.7 Å². The molecule has 0 radical (unpaired) electrons. The summed E-state index contributed by atoms with van der Waals surface area (Å²) in [7, 11) is 1.41. The quantitative estimate of drug-likeness (QED) is 0.437. The maximum absolute atomic E-state index is 11.9. The molecule has 32 heavy (non-hydrogen) atoms. The number of aryl methyl sites for hydroxylation is 1. The number of esters is 1. The summed E-state index contributed by atoms with van der Waals surface area (Å²) in [4.78, 5) is 22.8. The number of pyridine rings is 2. The zero-order valence-electron chi connectivity index (χ0n) is 18.5. The minimum atomic E-state index is -0.255. The second-order valence-corrected chi connectivity index (χ2v) is 8.31. The minimum absolute atomic E-state index is 0.0871. The number of methoxy groups -OCH3 is 1. The van der Waals surface area contributed by atoms with Crippen molar-refractivity contribution < 1.29 is 9.53 Å². The van der Waals surface area contributed by atoms with E-state index in [-0.39, 0.29) is 24.5 Å². The Morgan fingerprint density at radius 1 is 1.22 bits per heavy atom. The molecule has 1 aliphatic rings. The molecule has 1 saturated heterocycles. The molecule has 8 heteroatoms. The van der Waals surface area contributed by atoms with Crippen LogP contribution in [0.2, 0.25) is 0 Å². The molecule has 3 aromatic heterocycles. The summed E-state index contributed by atoms with van der Waals surface area (Å²) >= 11 is 5.69. The van der Waals surface area contributed by atoms with Gasteiger partial charge in [-0.3, -0.25) is 14.8 Å². The van der Waals surface area contributed by atoms with Crippen molar-refractivity contribution in [1.29, 1.82) is 0 Å². The number of nitrogens with zero attached hydrogens (tertiary/aromatic N) is 4. The van der Waals surface area contributed by atoms with Gasteiger partial charge >= 0.3 is 5.97 Å². The number of rotatable bonds is 7. The Balaban J connectivity index is 1.73. The van der Waals surface area contributed by atoms with Crippen LogP contribution in [0.5, 0.6) is 0 Å². The molecule has 3 aromatic rings. The lowest BCUT2D eigenvalue weighted by Crippen LogP contribution is -2.32. The molecular formula is C24H27N5O2S. The number of hydrogen-bond acceptors (Lipinski definition) is 5. The van der Waals surface area contributed by atoms with E-state index < -0.39 is 0 Å². The lowest BCUT2D eigenvalue weighted by molar-refractivity contribution is -0.140. The Bertz CT molecular complexity index is 1100. The van der Waals surface area contributed by atoms with Crippen molar-refractivity contribution in [3.63, 3.8) is 0 Å². The number of hydrogen-bond donors (Lipinski definition) is 1. The SMILES string of the molecule is COC(=O)CCN1C(=S)N[C@@H](c2ccccn2)[C@H]1c1cc(C)n(Cc2cccnc2)c1C. The first-order chi connectivity index (χ1) is 15.5. The van der Waals surface area contributed by atoms with Gasteiger partial charge in [0.05, 0.1) is 31.3 Å². The molecule has 0 spiro atoms. The molecule has 7 nitrogen and oxygen atoms in total. The van der Waals surface area contributed by atoms with Gasteiger partial charge in [0.2, 0.25) is 0 Å². The van der Waals surface area contributed by atoms with Crippen LogP contribution in [0.15, 0.2) is 55.0 Å². The largest absolute Gasteiger partial charge is 0.469 e. The zero-order chi connectivity index (χ0) is 22.7. The van der Waals surface area contributed by atoms with Gasteiger partial charge in [-0.25, -0.2) is 0 Å². The summed E-state index contributed by atoms with van der Waals surface area (Å²) in [5, 5.41) is 4.06. The van der Waals surface area contributed by atoms with Crippen LogP contribution in [0.3, 0.4) is 0 Å². The number of thiocarbonyl (C=S) groups is 1. The average Bonchev–Trinajstić information content (AvgIpc) is 3.29. The van der Waals surface area contributed by atoms with Crippen molar-refractivity contribution in [2.24, 2.45) is 0 Å². The Kier molecular flexibility index (Phi) is 6.50. The Morgan fingerprint density at radius 3 is 2.75 bits per heavy atom. The highest BCUT2D eigenvalue weighted by Crippen LogP contribution is 2.41. The molecule has 0 aromatic carbocycles. The normalized spacial score (nSPS) is 18.0. The van der Waals surface area contributed by atoms with Crippen LogP contribution < -0.4 is 5.32 Å². The molecule has 0 saturated carbocycles. The minimum Gasteiger partial charge on any atom is -0.469 e. The summed E-state index contributed by atoms with van der Waals surface area (Å²) in [5.74, 6) is -0.255. The van der Waals surface area contributed by atoms with Crippen LogP contribution in [0.4, 0.5) is 0 Å². The van der Waals surface area contributed by atoms with E-state index in [1.807, 2.05) is 30.5 Å². The van der Waals surface area contributed by atoms with Crippen LogP contribution in [0, 0.1) is 13.8 Å². The van der Waals surface area contributed by atoms with Gasteiger partial charge in [0.25, 0.3) is 0 Å². The standard InChI is InChI=1S/C24H27N5O2S/c1-16-13-19(17(2)29(16)15-18-7-6-10-25-14-18)23-22(20-8-4-5-11-26-20)27-24(32)28(23)12-9-21(30)31-3/h4-8,10-11,13-14,22-23H,9,12,15H2,1-3H3,(H,27,32)/t22-,23+/m0/s1. The highest BCUT2D eigenvalue weighted by Gasteiger charge is 2.41. The van der Waals surface area contributed by atoms with E-state index in [0.29, 0.717) is 11.7 Å². The van der Waals surface area contributed by atoms with Crippen LogP contribution in [-0.4, -0.2) is 44.2 Å². The van der Waals surface area contributed by atoms with Crippen LogP contribution >= 0.6 is 12.2 Å². The Hall–Kier alpha value is -3.26. The van der Waals surface area contributed by atoms with E-state index in [1.54, 1.807) is 12.4 Å². The molecule has 0 aliphatic carbocycles. The summed E-state index contributed by atoms with van der Waals surface area (Å²) in [5.41, 5.74) is 5.54. The van der Waals surface area contributed by atoms with Gasteiger partial charge < -0.3 is 19.5 Å². The fourth-order valence-electron chi connectivity index (χ4n) is 4.34. The number of carbonyl (C=O) groups excluding carboxylic acids is 1. The second-order valence-electron chi connectivity index (χ2n) is 7.92. The van der Waals surface area contributed by atoms with Gasteiger partial charge in [-0.2, -0.15) is 0 Å². The Labute approximate surface area is 193 Å². The topological polar surface area (TPSA) is 72.3 Å². The second kappa shape index (κ2) is 9.48. The lowest BCUT2D eigenvalue weighted by Gasteiger charge is -2.28. The third-order valence-corrected chi connectivity index (χ3v) is 6.33. The average molecular weight is 450 g/mol. The highest BCUT2D eigenvalue weighted by atomic mass is 32.1. The highest BCUT2D eigenvalue weighted by molar-refractivity contribution is 7.80. The molecule has 0 bridgehead atoms. The number of aromatic nitrogens is 3. The summed E-state index contributed by atoms with van der Waals surface area (Å²) in [6.07, 6.45) is 5.73. The monoisotopic (exact) mass is 449 g/mol. The lowest BCUT2D eigenvalue weighted by atomic mass is 9.96. The first kappa shape index (κ1) is 22.0. The van der Waals surface area contributed by atoms with Crippen molar-refractivity contribution in [3.8, 4) is 0 Å². The molecule has 4 heterocycles. The Morgan fingerprint density at radius 2 is 2.06 bits per heavy atom. The molecule has 1 N–H and O–H groups in total. The molecule has 1 fully saturated rings. The molecular weight excluding hydrogens is 422 g/mol. The molecule has 0 unspecified atom stereocenters. The van der Waals surface area contributed by atoms with Gasteiger partial charge in [-0.1, -0.05) is 12.1 Å². The number of carbonyl (C=O) groups is 1. The van der Waals surface area contributed by atoms with Crippen molar-refractivity contribution in [2.75, 3.05) is 13.7 Å². The third-order valence-electron chi connectivity index (χ3n) is 5.98. The molecule has 4 rings (SSSR count). The van der Waals surface area contributed by atoms with E-state index in [9.17, 15) is 4.79 Å². The van der Waals surface area contributed by atoms with E-state index in [1.165, 1.54) is 12.7 Å². The van der Waals surface area contributed by atoms with Gasteiger partial charge in [-0.15, -0.1) is 0 Å². The molecule has 1 aliphatic heterocycles. The predicted octanol–water partition coefficient (Wildman–Crippen LogP) is 3.48. The zero-order valence-corrected chi connectivity index (χ0v) is 19.3. The molecule has 166 valence electrons. The fraction of sp³-hybridized carbons (Fsp3) is 0.333. The first-order valence-electron chi connectivity index (χ1n) is 10.6.